The summed E-state index contributed by atoms with van der Waals surface area (Å²) in [4.78, 5) is 46.5. The molecule has 212 valence electrons. The highest BCUT2D eigenvalue weighted by atomic mass is 19.4. The zero-order chi connectivity index (χ0) is 28.8. The van der Waals surface area contributed by atoms with Crippen LogP contribution in [-0.4, -0.2) is 74.6 Å². The lowest BCUT2D eigenvalue weighted by Gasteiger charge is -2.35. The first kappa shape index (κ1) is 30.9. The van der Waals surface area contributed by atoms with Gasteiger partial charge in [-0.25, -0.2) is 4.79 Å². The Morgan fingerprint density at radius 3 is 2.16 bits per heavy atom. The number of hydrogen-bond acceptors (Lipinski definition) is 9. The van der Waals surface area contributed by atoms with E-state index in [-0.39, 0.29) is 24.0 Å². The number of alkyl halides is 3. The maximum Gasteiger partial charge on any atom is 0.443 e. The van der Waals surface area contributed by atoms with Crippen molar-refractivity contribution in [1.29, 1.82) is 0 Å². The Kier molecular flexibility index (Phi) is 10.2. The summed E-state index contributed by atoms with van der Waals surface area (Å²) in [6, 6.07) is 2.72. The molecule has 1 fully saturated rings. The molecule has 0 bridgehead atoms. The smallest absolute Gasteiger partial charge is 0.443 e. The molecular weight excluding hydrogens is 519 g/mol. The Morgan fingerprint density at radius 1 is 1.05 bits per heavy atom. The molecule has 11 N–H and O–H groups in total. The third-order valence-electron chi connectivity index (χ3n) is 6.18. The number of aliphatic hydroxyl groups is 2. The summed E-state index contributed by atoms with van der Waals surface area (Å²) >= 11 is 0. The van der Waals surface area contributed by atoms with E-state index in [0.717, 1.165) is 24.3 Å². The van der Waals surface area contributed by atoms with Crippen LogP contribution in [0, 0.1) is 5.92 Å². The van der Waals surface area contributed by atoms with Gasteiger partial charge in [0.05, 0.1) is 12.1 Å². The minimum absolute atomic E-state index is 0.00453. The maximum absolute atomic E-state index is 13.5. The molecule has 1 aromatic carbocycles. The molecule has 2 rings (SSSR count). The molecule has 38 heavy (non-hydrogen) atoms. The van der Waals surface area contributed by atoms with E-state index in [0.29, 0.717) is 0 Å². The van der Waals surface area contributed by atoms with Crippen LogP contribution < -0.4 is 27.4 Å². The third-order valence-corrected chi connectivity index (χ3v) is 6.18. The van der Waals surface area contributed by atoms with Gasteiger partial charge >= 0.3 is 18.1 Å². The van der Waals surface area contributed by atoms with E-state index in [1.54, 1.807) is 0 Å². The Hall–Kier alpha value is -3.31. The van der Waals surface area contributed by atoms with Gasteiger partial charge in [0.15, 0.2) is 0 Å². The molecule has 2 amide bonds. The molecule has 0 aliphatic carbocycles. The number of nitrogens with two attached hydrogens (primary N) is 2. The Labute approximate surface area is 214 Å². The van der Waals surface area contributed by atoms with Crippen LogP contribution in [0.5, 0.6) is 0 Å². The topological polar surface area (TPSA) is 237 Å². The molecule has 1 heterocycles. The quantitative estimate of drug-likeness (QED) is 0.145. The van der Waals surface area contributed by atoms with Crippen LogP contribution in [-0.2, 0) is 14.4 Å². The van der Waals surface area contributed by atoms with Crippen molar-refractivity contribution in [3.63, 3.8) is 0 Å². The fraction of sp³-hybridized carbons (Fsp3) is 0.545. The summed E-state index contributed by atoms with van der Waals surface area (Å²) in [7, 11) is 0. The number of benzene rings is 1. The number of halogens is 3. The second-order valence-corrected chi connectivity index (χ2v) is 8.91. The van der Waals surface area contributed by atoms with Crippen molar-refractivity contribution in [2.45, 2.75) is 68.5 Å². The summed E-state index contributed by atoms with van der Waals surface area (Å²) < 4.78 is 40.5. The standard InChI is InChI=1S/C22H30F3N5O8/c23-22(24,25)21(37,38)13(3-1-2-12-16(26)29-20(27)30-18(12)34)10-4-6-11(7-5-10)17(33)28-14(19(35)36)8-9-15(31)32/h4-7,12-14,16,20,29,37-38H,1-3,8-9,26-27H2,(H,28,33)(H,30,34)(H,31,32)(H,35,36)/t12-,13+,14-,16+,20-/m1/s1. The van der Waals surface area contributed by atoms with Crippen molar-refractivity contribution in [1.82, 2.24) is 16.0 Å². The molecule has 5 atom stereocenters. The van der Waals surface area contributed by atoms with Crippen molar-refractivity contribution >= 4 is 23.8 Å². The Morgan fingerprint density at radius 2 is 1.66 bits per heavy atom. The summed E-state index contributed by atoms with van der Waals surface area (Å²) in [6.45, 7) is 0. The Balaban J connectivity index is 2.18. The fourth-order valence-electron chi connectivity index (χ4n) is 4.07. The number of carbonyl (C=O) groups excluding carboxylic acids is 2. The van der Waals surface area contributed by atoms with Crippen molar-refractivity contribution < 1.29 is 52.8 Å². The maximum atomic E-state index is 13.5. The first-order valence-electron chi connectivity index (χ1n) is 11.5. The first-order chi connectivity index (χ1) is 17.5. The molecule has 1 aliphatic heterocycles. The average molecular weight is 550 g/mol. The van der Waals surface area contributed by atoms with Crippen LogP contribution >= 0.6 is 0 Å². The van der Waals surface area contributed by atoms with Crippen LogP contribution in [0.3, 0.4) is 0 Å². The molecule has 13 nitrogen and oxygen atoms in total. The molecule has 0 unspecified atom stereocenters. The average Bonchev–Trinajstić information content (AvgIpc) is 2.79. The monoisotopic (exact) mass is 549 g/mol. The van der Waals surface area contributed by atoms with E-state index in [1.807, 2.05) is 0 Å². The van der Waals surface area contributed by atoms with Gasteiger partial charge in [-0.15, -0.1) is 0 Å². The van der Waals surface area contributed by atoms with E-state index >= 15 is 0 Å². The van der Waals surface area contributed by atoms with Crippen LogP contribution in [0.15, 0.2) is 24.3 Å². The lowest BCUT2D eigenvalue weighted by atomic mass is 9.83. The van der Waals surface area contributed by atoms with E-state index in [9.17, 15) is 47.7 Å². The SMILES string of the molecule is N[C@H]1NC(=O)[C@H](CCC[C@@H](c2ccc(C(=O)N[C@H](CCC(=O)O)C(=O)O)cc2)C(O)(O)C(F)(F)F)[C@@H](N)N1. The highest BCUT2D eigenvalue weighted by molar-refractivity contribution is 5.96. The predicted molar refractivity (Wildman–Crippen MR) is 123 cm³/mol. The largest absolute Gasteiger partial charge is 0.481 e. The molecule has 0 saturated carbocycles. The van der Waals surface area contributed by atoms with Crippen LogP contribution in [0.4, 0.5) is 13.2 Å². The van der Waals surface area contributed by atoms with Gasteiger partial charge in [-0.2, -0.15) is 13.2 Å². The molecule has 1 aliphatic rings. The van der Waals surface area contributed by atoms with Crippen LogP contribution in [0.25, 0.3) is 0 Å². The van der Waals surface area contributed by atoms with Gasteiger partial charge in [0.2, 0.25) is 5.91 Å². The van der Waals surface area contributed by atoms with Gasteiger partial charge in [-0.1, -0.05) is 18.6 Å². The number of nitrogens with one attached hydrogen (secondary N) is 3. The number of carboxylic acids is 2. The predicted octanol–water partition coefficient (Wildman–Crippen LogP) is -0.906. The Bertz CT molecular complexity index is 1020. The molecule has 1 aromatic rings. The lowest BCUT2D eigenvalue weighted by Crippen LogP contribution is -2.67. The van der Waals surface area contributed by atoms with Crippen molar-refractivity contribution in [2.24, 2.45) is 17.4 Å². The first-order valence-corrected chi connectivity index (χ1v) is 11.5. The summed E-state index contributed by atoms with van der Waals surface area (Å²) in [6.07, 6.45) is -8.62. The second-order valence-electron chi connectivity index (χ2n) is 8.91. The third kappa shape index (κ3) is 7.84. The van der Waals surface area contributed by atoms with Gasteiger partial charge in [-0.3, -0.25) is 25.4 Å². The van der Waals surface area contributed by atoms with Gasteiger partial charge in [0.25, 0.3) is 11.7 Å². The van der Waals surface area contributed by atoms with Gasteiger partial charge in [0, 0.05) is 17.9 Å². The highest BCUT2D eigenvalue weighted by Gasteiger charge is 2.58. The number of rotatable bonds is 12. The minimum atomic E-state index is -5.44. The van der Waals surface area contributed by atoms with Crippen molar-refractivity contribution in [3.8, 4) is 0 Å². The molecule has 0 spiro atoms. The zero-order valence-electron chi connectivity index (χ0n) is 19.9. The normalized spacial score (nSPS) is 21.8. The number of carboxylic acid groups (broad SMARTS) is 2. The van der Waals surface area contributed by atoms with Gasteiger partial charge in [0.1, 0.15) is 12.3 Å². The van der Waals surface area contributed by atoms with E-state index in [2.05, 4.69) is 16.0 Å². The number of hydrogen-bond donors (Lipinski definition) is 9. The molecule has 0 radical (unpaired) electrons. The van der Waals surface area contributed by atoms with E-state index in [1.165, 1.54) is 0 Å². The molecular formula is C22H30F3N5O8. The highest BCUT2D eigenvalue weighted by Crippen LogP contribution is 2.42. The molecule has 1 saturated heterocycles. The van der Waals surface area contributed by atoms with Gasteiger partial charge < -0.3 is 36.8 Å². The van der Waals surface area contributed by atoms with E-state index < -0.39 is 85.3 Å². The summed E-state index contributed by atoms with van der Waals surface area (Å²) in [5.74, 6) is -11.1. The summed E-state index contributed by atoms with van der Waals surface area (Å²) in [5.41, 5.74) is 11.0. The van der Waals surface area contributed by atoms with E-state index in [4.69, 9.17) is 16.6 Å². The minimum Gasteiger partial charge on any atom is -0.481 e. The lowest BCUT2D eigenvalue weighted by molar-refractivity contribution is -0.359. The van der Waals surface area contributed by atoms with Crippen molar-refractivity contribution in [3.05, 3.63) is 35.4 Å². The number of amides is 2. The molecule has 0 aromatic heterocycles. The summed E-state index contributed by atoms with van der Waals surface area (Å²) in [5, 5.41) is 45.1. The number of carbonyl (C=O) groups is 4. The van der Waals surface area contributed by atoms with Gasteiger partial charge in [-0.05, 0) is 37.0 Å². The van der Waals surface area contributed by atoms with Crippen LogP contribution in [0.2, 0.25) is 0 Å². The fourth-order valence-corrected chi connectivity index (χ4v) is 4.07. The second kappa shape index (κ2) is 12.5. The van der Waals surface area contributed by atoms with Crippen LogP contribution in [0.1, 0.15) is 53.9 Å². The number of aliphatic carboxylic acids is 2. The van der Waals surface area contributed by atoms with Crippen molar-refractivity contribution in [2.75, 3.05) is 0 Å². The molecule has 16 heteroatoms. The zero-order valence-corrected chi connectivity index (χ0v) is 19.9.